The van der Waals surface area contributed by atoms with Crippen LogP contribution in [0.15, 0.2) is 0 Å². The number of hydrogen-bond donors (Lipinski definition) is 0. The average molecular weight is 1490 g/mol. The van der Waals surface area contributed by atoms with Gasteiger partial charge in [-0.2, -0.15) is 0 Å². The van der Waals surface area contributed by atoms with Gasteiger partial charge in [-0.3, -0.25) is 9.59 Å². The van der Waals surface area contributed by atoms with Gasteiger partial charge in [0, 0.05) is 12.8 Å². The molecule has 1 fully saturated rings. The number of carbonyl (C=O) groups excluding carboxylic acids is 2. The number of ether oxygens (including phenoxy) is 2. The van der Waals surface area contributed by atoms with Crippen LogP contribution < -0.4 is 0 Å². The third-order valence-corrected chi connectivity index (χ3v) is 25.4. The zero-order valence-corrected chi connectivity index (χ0v) is 73.7. The molecule has 0 bridgehead atoms. The van der Waals surface area contributed by atoms with Crippen molar-refractivity contribution < 1.29 is 19.1 Å². The summed E-state index contributed by atoms with van der Waals surface area (Å²) in [5, 5.41) is 0. The van der Waals surface area contributed by atoms with Gasteiger partial charge in [0.05, 0.1) is 13.2 Å². The number of unbranched alkanes of at least 4 members (excludes halogenated alkanes) is 86. The highest BCUT2D eigenvalue weighted by Gasteiger charge is 2.23. The zero-order valence-electron chi connectivity index (χ0n) is 73.7. The van der Waals surface area contributed by atoms with E-state index in [1.54, 1.807) is 0 Å². The van der Waals surface area contributed by atoms with Gasteiger partial charge < -0.3 is 9.47 Å². The molecule has 0 heterocycles. The molecule has 1 aliphatic rings. The molecule has 0 radical (unpaired) electrons. The van der Waals surface area contributed by atoms with E-state index in [2.05, 4.69) is 13.8 Å². The van der Waals surface area contributed by atoms with Gasteiger partial charge in [0.1, 0.15) is 0 Å². The second kappa shape index (κ2) is 92.8. The molecule has 632 valence electrons. The summed E-state index contributed by atoms with van der Waals surface area (Å²) < 4.78 is 11.5. The first kappa shape index (κ1) is 103. The molecule has 0 saturated heterocycles. The summed E-state index contributed by atoms with van der Waals surface area (Å²) in [7, 11) is 0. The predicted molar refractivity (Wildman–Crippen MR) is 474 cm³/mol. The Morgan fingerprint density at radius 1 is 0.160 bits per heavy atom. The van der Waals surface area contributed by atoms with Crippen molar-refractivity contribution in [2.75, 3.05) is 13.2 Å². The SMILES string of the molecule is CCCCCCCCCCCCCCCCCCCCCCCCCCCCCCCCCCCCCCCCCCCCCCC(=O)OCC1CCC(COC(=O)CCCCCCCCCCCCCCCCCCCCCCCCCCCCCCCCCCCCCCCCCCCCCC)CC1. The zero-order chi connectivity index (χ0) is 75.6. The lowest BCUT2D eigenvalue weighted by molar-refractivity contribution is -0.147. The van der Waals surface area contributed by atoms with Crippen molar-refractivity contribution in [1.82, 2.24) is 0 Å². The van der Waals surface area contributed by atoms with Gasteiger partial charge >= 0.3 is 11.9 Å². The quantitative estimate of drug-likeness (QED) is 0.0450. The van der Waals surface area contributed by atoms with Gasteiger partial charge in [0.2, 0.25) is 0 Å². The second-order valence-electron chi connectivity index (χ2n) is 36.2. The number of hydrogen-bond acceptors (Lipinski definition) is 4. The molecule has 0 unspecified atom stereocenters. The van der Waals surface area contributed by atoms with Crippen LogP contribution in [0.3, 0.4) is 0 Å². The first-order valence-electron chi connectivity index (χ1n) is 51.0. The third kappa shape index (κ3) is 86.9. The van der Waals surface area contributed by atoms with Crippen molar-refractivity contribution >= 4 is 11.9 Å². The molecule has 0 aromatic carbocycles. The molecule has 106 heavy (non-hydrogen) atoms. The summed E-state index contributed by atoms with van der Waals surface area (Å²) in [5.41, 5.74) is 0. The Bertz CT molecular complexity index is 1480. The first-order valence-corrected chi connectivity index (χ1v) is 51.0. The van der Waals surface area contributed by atoms with E-state index in [0.717, 1.165) is 51.4 Å². The fraction of sp³-hybridized carbons (Fsp3) is 0.980. The maximum Gasteiger partial charge on any atom is 0.305 e. The Kier molecular flexibility index (Phi) is 90.1. The standard InChI is InChI=1S/C102H200O4/c1-3-5-7-9-11-13-15-17-19-21-23-25-27-29-31-33-35-37-39-41-43-45-47-49-51-53-55-57-59-61-63-65-67-69-71-73-75-77-79-81-83-85-87-89-91-101(103)105-97-99-93-95-100(96-94-99)98-106-102(104)92-90-88-86-84-82-80-78-76-74-72-70-68-66-64-62-60-58-56-54-52-50-48-46-44-42-40-38-36-34-32-30-28-26-24-22-20-18-16-14-12-10-8-6-4-2/h99-100H,3-98H2,1-2H3. The van der Waals surface area contributed by atoms with Crippen molar-refractivity contribution in [2.45, 2.75) is 617 Å². The molecule has 0 amide bonds. The minimum atomic E-state index is -0.00385. The minimum Gasteiger partial charge on any atom is -0.465 e. The van der Waals surface area contributed by atoms with Crippen LogP contribution in [-0.2, 0) is 19.1 Å². The van der Waals surface area contributed by atoms with Crippen LogP contribution >= 0.6 is 0 Å². The Morgan fingerprint density at radius 3 is 0.358 bits per heavy atom. The average Bonchev–Trinajstić information content (AvgIpc) is 1.47. The van der Waals surface area contributed by atoms with Crippen LogP contribution in [0.2, 0.25) is 0 Å². The highest BCUT2D eigenvalue weighted by atomic mass is 16.5. The maximum atomic E-state index is 12.5. The monoisotopic (exact) mass is 1490 g/mol. The molecule has 1 aliphatic carbocycles. The molecule has 1 rings (SSSR count). The van der Waals surface area contributed by atoms with Crippen molar-refractivity contribution in [3.8, 4) is 0 Å². The summed E-state index contributed by atoms with van der Waals surface area (Å²) in [4.78, 5) is 25.0. The van der Waals surface area contributed by atoms with E-state index >= 15 is 0 Å². The molecular weight excluding hydrogens is 1290 g/mol. The van der Waals surface area contributed by atoms with Gasteiger partial charge in [-0.1, -0.05) is 566 Å². The van der Waals surface area contributed by atoms with E-state index in [4.69, 9.17) is 9.47 Å². The van der Waals surface area contributed by atoms with Crippen LogP contribution in [0, 0.1) is 11.8 Å². The molecular formula is C102H200O4. The summed E-state index contributed by atoms with van der Waals surface area (Å²) >= 11 is 0. The summed E-state index contributed by atoms with van der Waals surface area (Å²) in [5.74, 6) is 0.928. The fourth-order valence-electron chi connectivity index (χ4n) is 17.7. The van der Waals surface area contributed by atoms with E-state index in [1.807, 2.05) is 0 Å². The molecule has 0 N–H and O–H groups in total. The summed E-state index contributed by atoms with van der Waals surface area (Å²) in [6.07, 6.45) is 132. The molecule has 4 heteroatoms. The molecule has 0 spiro atoms. The molecule has 0 aliphatic heterocycles. The normalized spacial score (nSPS) is 13.9. The Labute approximate surface area is 669 Å². The van der Waals surface area contributed by atoms with Crippen LogP contribution in [0.1, 0.15) is 617 Å². The molecule has 0 atom stereocenters. The van der Waals surface area contributed by atoms with Crippen LogP contribution in [0.5, 0.6) is 0 Å². The predicted octanol–water partition coefficient (Wildman–Crippen LogP) is 37.0. The second-order valence-corrected chi connectivity index (χ2v) is 36.2. The summed E-state index contributed by atoms with van der Waals surface area (Å²) in [6.45, 7) is 5.77. The highest BCUT2D eigenvalue weighted by Crippen LogP contribution is 2.30. The van der Waals surface area contributed by atoms with E-state index < -0.39 is 0 Å². The van der Waals surface area contributed by atoms with Gasteiger partial charge in [0.25, 0.3) is 0 Å². The number of carbonyl (C=O) groups is 2. The molecule has 1 saturated carbocycles. The topological polar surface area (TPSA) is 52.6 Å². The molecule has 4 nitrogen and oxygen atoms in total. The third-order valence-electron chi connectivity index (χ3n) is 25.4. The minimum absolute atomic E-state index is 0.00385. The van der Waals surface area contributed by atoms with Gasteiger partial charge in [0.15, 0.2) is 0 Å². The Hall–Kier alpha value is -1.06. The van der Waals surface area contributed by atoms with Crippen molar-refractivity contribution in [1.29, 1.82) is 0 Å². The van der Waals surface area contributed by atoms with Gasteiger partial charge in [-0.15, -0.1) is 0 Å². The lowest BCUT2D eigenvalue weighted by Crippen LogP contribution is -2.23. The van der Waals surface area contributed by atoms with E-state index in [1.165, 1.54) is 539 Å². The smallest absolute Gasteiger partial charge is 0.305 e. The molecule has 0 aromatic heterocycles. The highest BCUT2D eigenvalue weighted by molar-refractivity contribution is 5.69. The Balaban J connectivity index is 1.68. The lowest BCUT2D eigenvalue weighted by Gasteiger charge is -2.27. The van der Waals surface area contributed by atoms with Crippen molar-refractivity contribution in [2.24, 2.45) is 11.8 Å². The lowest BCUT2D eigenvalue weighted by atomic mass is 9.83. The van der Waals surface area contributed by atoms with Crippen LogP contribution in [0.4, 0.5) is 0 Å². The first-order chi connectivity index (χ1) is 52.7. The number of esters is 2. The van der Waals surface area contributed by atoms with E-state index in [-0.39, 0.29) is 11.9 Å². The summed E-state index contributed by atoms with van der Waals surface area (Å²) in [6, 6.07) is 0. The maximum absolute atomic E-state index is 12.5. The van der Waals surface area contributed by atoms with E-state index in [9.17, 15) is 9.59 Å². The van der Waals surface area contributed by atoms with E-state index in [0.29, 0.717) is 37.9 Å². The van der Waals surface area contributed by atoms with Crippen molar-refractivity contribution in [3.05, 3.63) is 0 Å². The largest absolute Gasteiger partial charge is 0.465 e. The van der Waals surface area contributed by atoms with Gasteiger partial charge in [-0.25, -0.2) is 0 Å². The van der Waals surface area contributed by atoms with Gasteiger partial charge in [-0.05, 0) is 50.4 Å². The fourth-order valence-corrected chi connectivity index (χ4v) is 17.7. The Morgan fingerprint density at radius 2 is 0.255 bits per heavy atom. The number of rotatable bonds is 94. The van der Waals surface area contributed by atoms with Crippen LogP contribution in [-0.4, -0.2) is 25.2 Å². The molecule has 0 aromatic rings. The van der Waals surface area contributed by atoms with Crippen molar-refractivity contribution in [3.63, 3.8) is 0 Å². The van der Waals surface area contributed by atoms with Crippen LogP contribution in [0.25, 0.3) is 0 Å².